The first-order valence-electron chi connectivity index (χ1n) is 8.28. The molecule has 0 aliphatic carbocycles. The predicted octanol–water partition coefficient (Wildman–Crippen LogP) is 4.42. The monoisotopic (exact) mass is 322 g/mol. The zero-order chi connectivity index (χ0) is 16.8. The first-order valence-corrected chi connectivity index (χ1v) is 8.28. The van der Waals surface area contributed by atoms with Gasteiger partial charge in [0.15, 0.2) is 6.10 Å². The molecule has 0 saturated carbocycles. The van der Waals surface area contributed by atoms with Gasteiger partial charge in [-0.15, -0.1) is 10.2 Å². The Morgan fingerprint density at radius 3 is 2.25 bits per heavy atom. The Bertz CT molecular complexity index is 724. The molecule has 3 rings (SSSR count). The van der Waals surface area contributed by atoms with Crippen molar-refractivity contribution in [3.05, 3.63) is 60.4 Å². The van der Waals surface area contributed by atoms with Crippen LogP contribution in [0.5, 0.6) is 5.75 Å². The van der Waals surface area contributed by atoms with Gasteiger partial charge in [0.1, 0.15) is 5.75 Å². The lowest BCUT2D eigenvalue weighted by molar-refractivity contribution is 0.176. The van der Waals surface area contributed by atoms with E-state index in [1.165, 1.54) is 11.1 Å². The molecule has 3 aromatic rings. The second-order valence-electron chi connectivity index (χ2n) is 6.24. The van der Waals surface area contributed by atoms with Gasteiger partial charge in [-0.25, -0.2) is 0 Å². The van der Waals surface area contributed by atoms with Crippen molar-refractivity contribution in [3.63, 3.8) is 0 Å². The van der Waals surface area contributed by atoms with E-state index >= 15 is 0 Å². The van der Waals surface area contributed by atoms with E-state index < -0.39 is 0 Å². The molecule has 0 aliphatic heterocycles. The maximum Gasteiger partial charge on any atom is 0.214 e. The first-order chi connectivity index (χ1) is 11.7. The molecule has 1 heterocycles. The summed E-state index contributed by atoms with van der Waals surface area (Å²) in [5.74, 6) is 2.01. The SMILES string of the molecule is CC(C)CCC(Oc1ccc(-c2ccccc2)cc1)c1nn[nH]n1. The van der Waals surface area contributed by atoms with Gasteiger partial charge in [-0.3, -0.25) is 0 Å². The van der Waals surface area contributed by atoms with Crippen molar-refractivity contribution in [1.29, 1.82) is 0 Å². The second-order valence-corrected chi connectivity index (χ2v) is 6.24. The minimum absolute atomic E-state index is 0.186. The summed E-state index contributed by atoms with van der Waals surface area (Å²) in [6.07, 6.45) is 1.72. The van der Waals surface area contributed by atoms with Gasteiger partial charge >= 0.3 is 0 Å². The van der Waals surface area contributed by atoms with Gasteiger partial charge in [-0.2, -0.15) is 5.21 Å². The number of hydrogen-bond donors (Lipinski definition) is 1. The standard InChI is InChI=1S/C19H22N4O/c1-14(2)8-13-18(19-20-22-23-21-19)24-17-11-9-16(10-12-17)15-6-4-3-5-7-15/h3-7,9-12,14,18H,8,13H2,1-2H3,(H,20,21,22,23). The number of aromatic amines is 1. The van der Waals surface area contributed by atoms with Crippen LogP contribution in [0, 0.1) is 5.92 Å². The normalized spacial score (nSPS) is 12.3. The smallest absolute Gasteiger partial charge is 0.214 e. The van der Waals surface area contributed by atoms with Crippen molar-refractivity contribution < 1.29 is 4.74 Å². The van der Waals surface area contributed by atoms with Crippen molar-refractivity contribution in [2.24, 2.45) is 5.92 Å². The summed E-state index contributed by atoms with van der Waals surface area (Å²) < 4.78 is 6.12. The number of ether oxygens (including phenoxy) is 1. The average Bonchev–Trinajstić information content (AvgIpc) is 3.14. The highest BCUT2D eigenvalue weighted by molar-refractivity contribution is 5.63. The minimum Gasteiger partial charge on any atom is -0.482 e. The fourth-order valence-corrected chi connectivity index (χ4v) is 2.55. The third-order valence-corrected chi connectivity index (χ3v) is 3.90. The van der Waals surface area contributed by atoms with Crippen molar-refractivity contribution >= 4 is 0 Å². The lowest BCUT2D eigenvalue weighted by atomic mass is 10.0. The number of nitrogens with zero attached hydrogens (tertiary/aromatic N) is 3. The average molecular weight is 322 g/mol. The molecule has 1 atom stereocenters. The molecule has 24 heavy (non-hydrogen) atoms. The Morgan fingerprint density at radius 2 is 1.62 bits per heavy atom. The molecule has 1 aromatic heterocycles. The van der Waals surface area contributed by atoms with Crippen molar-refractivity contribution in [2.75, 3.05) is 0 Å². The van der Waals surface area contributed by atoms with Gasteiger partial charge in [0.25, 0.3) is 0 Å². The molecule has 0 radical (unpaired) electrons. The van der Waals surface area contributed by atoms with Crippen LogP contribution in [0.25, 0.3) is 11.1 Å². The number of aromatic nitrogens is 4. The quantitative estimate of drug-likeness (QED) is 0.699. The van der Waals surface area contributed by atoms with Crippen LogP contribution >= 0.6 is 0 Å². The summed E-state index contributed by atoms with van der Waals surface area (Å²) in [5, 5.41) is 14.3. The van der Waals surface area contributed by atoms with Crippen LogP contribution in [0.1, 0.15) is 38.6 Å². The highest BCUT2D eigenvalue weighted by Crippen LogP contribution is 2.27. The third kappa shape index (κ3) is 4.19. The Balaban J connectivity index is 1.72. The van der Waals surface area contributed by atoms with E-state index in [0.717, 1.165) is 18.6 Å². The summed E-state index contributed by atoms with van der Waals surface area (Å²) in [7, 11) is 0. The molecule has 124 valence electrons. The molecule has 5 heteroatoms. The van der Waals surface area contributed by atoms with Crippen LogP contribution in [0.2, 0.25) is 0 Å². The summed E-state index contributed by atoms with van der Waals surface area (Å²) in [4.78, 5) is 0. The van der Waals surface area contributed by atoms with Gasteiger partial charge in [0.2, 0.25) is 5.82 Å². The molecule has 0 fully saturated rings. The Morgan fingerprint density at radius 1 is 0.917 bits per heavy atom. The van der Waals surface area contributed by atoms with Gasteiger partial charge < -0.3 is 4.74 Å². The van der Waals surface area contributed by atoms with Crippen LogP contribution in [-0.4, -0.2) is 20.6 Å². The first kappa shape index (κ1) is 16.2. The maximum absolute atomic E-state index is 6.12. The predicted molar refractivity (Wildman–Crippen MR) is 93.5 cm³/mol. The van der Waals surface area contributed by atoms with Gasteiger partial charge in [0, 0.05) is 0 Å². The minimum atomic E-state index is -0.186. The topological polar surface area (TPSA) is 63.7 Å². The lowest BCUT2D eigenvalue weighted by Gasteiger charge is -2.17. The van der Waals surface area contributed by atoms with Crippen molar-refractivity contribution in [2.45, 2.75) is 32.8 Å². The third-order valence-electron chi connectivity index (χ3n) is 3.90. The summed E-state index contributed by atoms with van der Waals surface area (Å²) in [6.45, 7) is 4.39. The van der Waals surface area contributed by atoms with Gasteiger partial charge in [-0.1, -0.05) is 61.5 Å². The highest BCUT2D eigenvalue weighted by atomic mass is 16.5. The maximum atomic E-state index is 6.12. The van der Waals surface area contributed by atoms with Gasteiger partial charge in [0.05, 0.1) is 0 Å². The zero-order valence-electron chi connectivity index (χ0n) is 14.0. The Kier molecular flexibility index (Phi) is 5.21. The largest absolute Gasteiger partial charge is 0.482 e. The number of tetrazole rings is 1. The molecule has 1 N–H and O–H groups in total. The number of rotatable bonds is 7. The molecule has 0 bridgehead atoms. The molecule has 1 unspecified atom stereocenters. The van der Waals surface area contributed by atoms with E-state index in [4.69, 9.17) is 4.74 Å². The fourth-order valence-electron chi connectivity index (χ4n) is 2.55. The van der Waals surface area contributed by atoms with E-state index in [1.807, 2.05) is 30.3 Å². The lowest BCUT2D eigenvalue weighted by Crippen LogP contribution is -2.11. The summed E-state index contributed by atoms with van der Waals surface area (Å²) in [6, 6.07) is 18.4. The molecule has 0 amide bonds. The number of benzene rings is 2. The van der Waals surface area contributed by atoms with Crippen molar-refractivity contribution in [1.82, 2.24) is 20.6 Å². The molecule has 0 spiro atoms. The molecule has 5 nitrogen and oxygen atoms in total. The number of nitrogens with one attached hydrogen (secondary N) is 1. The van der Waals surface area contributed by atoms with Crippen LogP contribution in [-0.2, 0) is 0 Å². The van der Waals surface area contributed by atoms with E-state index in [-0.39, 0.29) is 6.10 Å². The highest BCUT2D eigenvalue weighted by Gasteiger charge is 2.18. The van der Waals surface area contributed by atoms with Crippen LogP contribution in [0.4, 0.5) is 0 Å². The van der Waals surface area contributed by atoms with E-state index in [2.05, 4.69) is 58.7 Å². The van der Waals surface area contributed by atoms with Crippen LogP contribution in [0.3, 0.4) is 0 Å². The van der Waals surface area contributed by atoms with Gasteiger partial charge in [-0.05, 0) is 42.0 Å². The molecule has 2 aromatic carbocycles. The van der Waals surface area contributed by atoms with E-state index in [9.17, 15) is 0 Å². The van der Waals surface area contributed by atoms with Crippen LogP contribution in [0.15, 0.2) is 54.6 Å². The van der Waals surface area contributed by atoms with Crippen molar-refractivity contribution in [3.8, 4) is 16.9 Å². The molecule has 0 aliphatic rings. The van der Waals surface area contributed by atoms with E-state index in [1.54, 1.807) is 0 Å². The summed E-state index contributed by atoms with van der Waals surface area (Å²) in [5.41, 5.74) is 2.36. The molecular weight excluding hydrogens is 300 g/mol. The van der Waals surface area contributed by atoms with Crippen LogP contribution < -0.4 is 4.74 Å². The molecular formula is C19H22N4O. The fraction of sp³-hybridized carbons (Fsp3) is 0.316. The number of hydrogen-bond acceptors (Lipinski definition) is 4. The number of H-pyrrole nitrogens is 1. The Labute approximate surface area is 142 Å². The molecule has 0 saturated heterocycles. The zero-order valence-corrected chi connectivity index (χ0v) is 14.0. The summed E-state index contributed by atoms with van der Waals surface area (Å²) >= 11 is 0. The van der Waals surface area contributed by atoms with E-state index in [0.29, 0.717) is 11.7 Å². The Hall–Kier alpha value is -2.69. The second kappa shape index (κ2) is 7.73.